The zero-order valence-electron chi connectivity index (χ0n) is 18.5. The lowest BCUT2D eigenvalue weighted by atomic mass is 9.48. The number of benzene rings is 1. The summed E-state index contributed by atoms with van der Waals surface area (Å²) in [6.45, 7) is 0.251. The Hall–Kier alpha value is -3.06. The van der Waals surface area contributed by atoms with Crippen LogP contribution in [0.2, 0.25) is 0 Å². The first kappa shape index (κ1) is 22.7. The zero-order valence-corrected chi connectivity index (χ0v) is 18.5. The fourth-order valence-electron chi connectivity index (χ4n) is 6.49. The van der Waals surface area contributed by atoms with Crippen LogP contribution in [0.3, 0.4) is 0 Å². The van der Waals surface area contributed by atoms with Crippen molar-refractivity contribution in [3.05, 3.63) is 41.6 Å². The normalized spacial score (nSPS) is 29.5. The predicted molar refractivity (Wildman–Crippen MR) is 118 cm³/mol. The number of anilines is 2. The van der Waals surface area contributed by atoms with Crippen molar-refractivity contribution in [3.8, 4) is 11.8 Å². The van der Waals surface area contributed by atoms with Gasteiger partial charge < -0.3 is 20.5 Å². The molecule has 1 aromatic carbocycles. The van der Waals surface area contributed by atoms with Crippen LogP contribution in [0.4, 0.5) is 24.9 Å². The number of ether oxygens (including phenoxy) is 1. The van der Waals surface area contributed by atoms with Gasteiger partial charge in [-0.15, -0.1) is 13.2 Å². The van der Waals surface area contributed by atoms with Gasteiger partial charge in [0.05, 0.1) is 6.20 Å². The molecule has 4 fully saturated rings. The van der Waals surface area contributed by atoms with Crippen LogP contribution in [0.25, 0.3) is 0 Å². The number of aliphatic hydroxyl groups is 1. The summed E-state index contributed by atoms with van der Waals surface area (Å²) >= 11 is 0. The fourth-order valence-corrected chi connectivity index (χ4v) is 6.49. The Morgan fingerprint density at radius 1 is 1.18 bits per heavy atom. The molecular formula is C24H26F3N5O2. The van der Waals surface area contributed by atoms with Gasteiger partial charge in [0.2, 0.25) is 5.95 Å². The maximum Gasteiger partial charge on any atom is 0.573 e. The number of aliphatic hydroxyl groups excluding tert-OH is 1. The summed E-state index contributed by atoms with van der Waals surface area (Å²) in [7, 11) is 0. The second-order valence-electron chi connectivity index (χ2n) is 9.87. The average Bonchev–Trinajstić information content (AvgIpc) is 2.79. The van der Waals surface area contributed by atoms with E-state index in [1.54, 1.807) is 6.07 Å². The Bertz CT molecular complexity index is 1090. The lowest BCUT2D eigenvalue weighted by Gasteiger charge is -2.59. The van der Waals surface area contributed by atoms with Crippen LogP contribution in [0, 0.1) is 34.5 Å². The molecule has 5 atom stereocenters. The minimum Gasteiger partial charge on any atom is -0.405 e. The first-order valence-electron chi connectivity index (χ1n) is 11.5. The highest BCUT2D eigenvalue weighted by Gasteiger charge is 2.55. The molecule has 0 radical (unpaired) electrons. The van der Waals surface area contributed by atoms with Crippen LogP contribution >= 0.6 is 0 Å². The summed E-state index contributed by atoms with van der Waals surface area (Å²) in [5.41, 5.74) is 0.659. The predicted octanol–water partition coefficient (Wildman–Crippen LogP) is 4.46. The number of para-hydroxylation sites is 1. The molecule has 10 heteroatoms. The van der Waals surface area contributed by atoms with Gasteiger partial charge in [-0.05, 0) is 61.3 Å². The van der Waals surface area contributed by atoms with Gasteiger partial charge in [0.25, 0.3) is 0 Å². The summed E-state index contributed by atoms with van der Waals surface area (Å²) < 4.78 is 42.2. The quantitative estimate of drug-likeness (QED) is 0.546. The van der Waals surface area contributed by atoms with Crippen molar-refractivity contribution in [2.24, 2.45) is 23.2 Å². The third-order valence-corrected chi connectivity index (χ3v) is 7.58. The number of aromatic nitrogens is 2. The molecule has 0 amide bonds. The Morgan fingerprint density at radius 2 is 1.91 bits per heavy atom. The Labute approximate surface area is 195 Å². The molecule has 180 valence electrons. The number of alkyl halides is 3. The van der Waals surface area contributed by atoms with E-state index in [1.165, 1.54) is 24.4 Å². The third kappa shape index (κ3) is 4.49. The summed E-state index contributed by atoms with van der Waals surface area (Å²) in [6, 6.07) is 8.17. The minimum atomic E-state index is -4.79. The van der Waals surface area contributed by atoms with Gasteiger partial charge in [0.15, 0.2) is 0 Å². The molecule has 4 aliphatic carbocycles. The van der Waals surface area contributed by atoms with Crippen LogP contribution in [0.1, 0.15) is 43.2 Å². The lowest BCUT2D eigenvalue weighted by molar-refractivity contribution is -0.274. The van der Waals surface area contributed by atoms with Crippen LogP contribution in [0.5, 0.6) is 5.75 Å². The van der Waals surface area contributed by atoms with Gasteiger partial charge >= 0.3 is 6.36 Å². The molecule has 6 rings (SSSR count). The number of rotatable bonds is 7. The Balaban J connectivity index is 1.31. The van der Waals surface area contributed by atoms with Crippen molar-refractivity contribution in [1.82, 2.24) is 9.97 Å². The second-order valence-corrected chi connectivity index (χ2v) is 9.87. The van der Waals surface area contributed by atoms with Crippen LogP contribution in [0.15, 0.2) is 30.5 Å². The van der Waals surface area contributed by atoms with E-state index in [1.807, 2.05) is 0 Å². The summed E-state index contributed by atoms with van der Waals surface area (Å²) in [5, 5.41) is 26.0. The molecule has 34 heavy (non-hydrogen) atoms. The number of hydrogen-bond acceptors (Lipinski definition) is 7. The number of nitrogens with one attached hydrogen (secondary N) is 2. The van der Waals surface area contributed by atoms with E-state index in [2.05, 4.69) is 31.4 Å². The molecule has 2 aromatic rings. The maximum absolute atomic E-state index is 12.7. The largest absolute Gasteiger partial charge is 0.573 e. The fraction of sp³-hybridized carbons (Fsp3) is 0.542. The van der Waals surface area contributed by atoms with Crippen molar-refractivity contribution in [3.63, 3.8) is 0 Å². The van der Waals surface area contributed by atoms with Crippen molar-refractivity contribution in [2.75, 3.05) is 17.2 Å². The molecule has 3 N–H and O–H groups in total. The van der Waals surface area contributed by atoms with Crippen molar-refractivity contribution in [2.45, 2.75) is 51.1 Å². The van der Waals surface area contributed by atoms with Gasteiger partial charge in [0, 0.05) is 24.8 Å². The number of nitrogens with zero attached hydrogens (tertiary/aromatic N) is 3. The van der Waals surface area contributed by atoms with Crippen molar-refractivity contribution >= 4 is 11.8 Å². The molecule has 3 unspecified atom stereocenters. The summed E-state index contributed by atoms with van der Waals surface area (Å²) in [6.07, 6.45) is 1.92. The molecule has 1 aromatic heterocycles. The molecule has 0 aliphatic heterocycles. The van der Waals surface area contributed by atoms with E-state index < -0.39 is 6.36 Å². The summed E-state index contributed by atoms with van der Waals surface area (Å²) in [5.74, 6) is 1.83. The second kappa shape index (κ2) is 8.62. The van der Waals surface area contributed by atoms with Gasteiger partial charge in [-0.3, -0.25) is 0 Å². The van der Waals surface area contributed by atoms with Crippen molar-refractivity contribution in [1.29, 1.82) is 5.26 Å². The van der Waals surface area contributed by atoms with Gasteiger partial charge in [0.1, 0.15) is 23.2 Å². The number of halogens is 3. The Morgan fingerprint density at radius 3 is 2.59 bits per heavy atom. The topological polar surface area (TPSA) is 103 Å². The molecule has 0 spiro atoms. The minimum absolute atomic E-state index is 0.0208. The highest BCUT2D eigenvalue weighted by atomic mass is 19.4. The number of nitriles is 1. The van der Waals surface area contributed by atoms with Crippen LogP contribution in [-0.2, 0) is 6.54 Å². The molecule has 4 aliphatic rings. The maximum atomic E-state index is 12.7. The van der Waals surface area contributed by atoms with E-state index in [-0.39, 0.29) is 36.3 Å². The standard InChI is InChI=1S/C24H26F3N5O2/c25-24(26,27)34-19-4-2-1-3-15(19)11-29-22-30-12-18(10-28)21(32-22)31-20-16-5-14-6-17(20)9-23(7-14,8-16)13-33/h1-4,12,14,16-17,20,33H,5-9,11,13H2,(H2,29,30,31,32)/t14?,16-,17+,20?,23?. The monoisotopic (exact) mass is 473 g/mol. The molecule has 4 saturated carbocycles. The smallest absolute Gasteiger partial charge is 0.405 e. The molecule has 7 nitrogen and oxygen atoms in total. The SMILES string of the molecule is N#Cc1cnc(NCc2ccccc2OC(F)(F)F)nc1NC1[C@@H]2CC3C[C@H]1CC(CO)(C3)C2. The summed E-state index contributed by atoms with van der Waals surface area (Å²) in [4.78, 5) is 8.64. The van der Waals surface area contributed by atoms with Gasteiger partial charge in [-0.25, -0.2) is 4.98 Å². The third-order valence-electron chi connectivity index (χ3n) is 7.58. The van der Waals surface area contributed by atoms with E-state index in [0.29, 0.717) is 34.7 Å². The molecular weight excluding hydrogens is 447 g/mol. The first-order valence-corrected chi connectivity index (χ1v) is 11.5. The molecule has 4 bridgehead atoms. The van der Waals surface area contributed by atoms with E-state index in [4.69, 9.17) is 0 Å². The van der Waals surface area contributed by atoms with Crippen LogP contribution in [-0.4, -0.2) is 34.1 Å². The van der Waals surface area contributed by atoms with E-state index in [0.717, 1.165) is 32.1 Å². The van der Waals surface area contributed by atoms with E-state index in [9.17, 15) is 23.5 Å². The van der Waals surface area contributed by atoms with E-state index >= 15 is 0 Å². The molecule has 0 saturated heterocycles. The highest BCUT2D eigenvalue weighted by molar-refractivity contribution is 5.54. The highest BCUT2D eigenvalue weighted by Crippen LogP contribution is 2.60. The van der Waals surface area contributed by atoms with Gasteiger partial charge in [-0.2, -0.15) is 10.2 Å². The Kier molecular flexibility index (Phi) is 5.76. The first-order chi connectivity index (χ1) is 16.3. The number of hydrogen-bond donors (Lipinski definition) is 3. The lowest BCUT2D eigenvalue weighted by Crippen LogP contribution is -2.57. The average molecular weight is 473 g/mol. The van der Waals surface area contributed by atoms with Crippen molar-refractivity contribution < 1.29 is 23.0 Å². The zero-order chi connectivity index (χ0) is 23.9. The van der Waals surface area contributed by atoms with Crippen LogP contribution < -0.4 is 15.4 Å². The molecule has 1 heterocycles. The van der Waals surface area contributed by atoms with Gasteiger partial charge in [-0.1, -0.05) is 18.2 Å².